The minimum Gasteiger partial charge on any atom is -0.478 e. The van der Waals surface area contributed by atoms with Gasteiger partial charge in [-0.1, -0.05) is 6.92 Å². The fraction of sp³-hybridized carbons (Fsp3) is 0.222. The van der Waals surface area contributed by atoms with E-state index in [4.69, 9.17) is 5.11 Å². The lowest BCUT2D eigenvalue weighted by Gasteiger charge is -1.94. The topological polar surface area (TPSA) is 63.1 Å². The second kappa shape index (κ2) is 4.35. The Kier molecular flexibility index (Phi) is 3.14. The lowest BCUT2D eigenvalue weighted by molar-refractivity contribution is -0.131. The number of carboxylic acid groups (broad SMARTS) is 1. The number of rotatable bonds is 3. The molecule has 0 aliphatic heterocycles. The van der Waals surface area contributed by atoms with E-state index in [1.807, 2.05) is 6.92 Å². The average Bonchev–Trinajstić information content (AvgIpc) is 2.15. The van der Waals surface area contributed by atoms with Crippen molar-refractivity contribution in [3.63, 3.8) is 0 Å². The van der Waals surface area contributed by atoms with Crippen LogP contribution in [-0.4, -0.2) is 21.0 Å². The van der Waals surface area contributed by atoms with E-state index in [2.05, 4.69) is 9.97 Å². The predicted octanol–water partition coefficient (Wildman–Crippen LogP) is 1.14. The van der Waals surface area contributed by atoms with E-state index >= 15 is 0 Å². The molecule has 0 saturated heterocycles. The van der Waals surface area contributed by atoms with Gasteiger partial charge in [-0.2, -0.15) is 0 Å². The highest BCUT2D eigenvalue weighted by atomic mass is 16.4. The molecule has 0 bridgehead atoms. The summed E-state index contributed by atoms with van der Waals surface area (Å²) in [6.07, 6.45) is 6.51. The number of carbonyl (C=O) groups is 1. The molecule has 4 nitrogen and oxygen atoms in total. The molecule has 0 unspecified atom stereocenters. The third-order valence-electron chi connectivity index (χ3n) is 1.46. The first-order valence-electron chi connectivity index (χ1n) is 3.94. The van der Waals surface area contributed by atoms with Crippen molar-refractivity contribution in [2.45, 2.75) is 13.3 Å². The van der Waals surface area contributed by atoms with Gasteiger partial charge in [0, 0.05) is 30.5 Å². The molecule has 0 aliphatic carbocycles. The fourth-order valence-electron chi connectivity index (χ4n) is 0.801. The zero-order valence-corrected chi connectivity index (χ0v) is 7.27. The summed E-state index contributed by atoms with van der Waals surface area (Å²) in [6, 6.07) is 0. The molecule has 0 radical (unpaired) electrons. The van der Waals surface area contributed by atoms with E-state index in [9.17, 15) is 4.79 Å². The molecule has 1 rings (SSSR count). The molecule has 0 aliphatic rings. The highest BCUT2D eigenvalue weighted by molar-refractivity contribution is 5.85. The number of nitrogens with zero attached hydrogens (tertiary/aromatic N) is 2. The SMILES string of the molecule is CCc1ncc(/C=C/C(=O)O)cn1. The maximum absolute atomic E-state index is 10.2. The highest BCUT2D eigenvalue weighted by Gasteiger charge is 1.92. The molecule has 13 heavy (non-hydrogen) atoms. The second-order valence-corrected chi connectivity index (χ2v) is 2.46. The first kappa shape index (κ1) is 9.38. The first-order valence-corrected chi connectivity index (χ1v) is 3.94. The van der Waals surface area contributed by atoms with E-state index < -0.39 is 5.97 Å². The summed E-state index contributed by atoms with van der Waals surface area (Å²) < 4.78 is 0. The number of hydrogen-bond acceptors (Lipinski definition) is 3. The Balaban J connectivity index is 2.75. The van der Waals surface area contributed by atoms with Gasteiger partial charge in [0.2, 0.25) is 0 Å². The smallest absolute Gasteiger partial charge is 0.328 e. The Morgan fingerprint density at radius 1 is 1.54 bits per heavy atom. The van der Waals surface area contributed by atoms with Gasteiger partial charge in [0.05, 0.1) is 0 Å². The molecule has 1 aromatic heterocycles. The number of aliphatic carboxylic acids is 1. The van der Waals surface area contributed by atoms with Crippen LogP contribution in [0.3, 0.4) is 0 Å². The van der Waals surface area contributed by atoms with Gasteiger partial charge >= 0.3 is 5.97 Å². The lowest BCUT2D eigenvalue weighted by atomic mass is 10.3. The van der Waals surface area contributed by atoms with Crippen LogP contribution in [0, 0.1) is 0 Å². The standard InChI is InChI=1S/C9H10N2O2/c1-2-8-10-5-7(6-11-8)3-4-9(12)13/h3-6H,2H2,1H3,(H,12,13)/b4-3+. The van der Waals surface area contributed by atoms with Gasteiger partial charge in [0.15, 0.2) is 0 Å². The van der Waals surface area contributed by atoms with Crippen molar-refractivity contribution < 1.29 is 9.90 Å². The lowest BCUT2D eigenvalue weighted by Crippen LogP contribution is -1.92. The maximum Gasteiger partial charge on any atom is 0.328 e. The third kappa shape index (κ3) is 3.02. The van der Waals surface area contributed by atoms with Gasteiger partial charge in [-0.05, 0) is 6.08 Å². The molecular weight excluding hydrogens is 168 g/mol. The monoisotopic (exact) mass is 178 g/mol. The van der Waals surface area contributed by atoms with Crippen LogP contribution < -0.4 is 0 Å². The molecule has 1 N–H and O–H groups in total. The zero-order chi connectivity index (χ0) is 9.68. The Labute approximate surface area is 76.0 Å². The van der Waals surface area contributed by atoms with Crippen LogP contribution in [-0.2, 0) is 11.2 Å². The van der Waals surface area contributed by atoms with Crippen molar-refractivity contribution in [1.29, 1.82) is 0 Å². The third-order valence-corrected chi connectivity index (χ3v) is 1.46. The average molecular weight is 178 g/mol. The molecule has 0 atom stereocenters. The van der Waals surface area contributed by atoms with Crippen molar-refractivity contribution in [3.05, 3.63) is 29.9 Å². The predicted molar refractivity (Wildman–Crippen MR) is 48.1 cm³/mol. The van der Waals surface area contributed by atoms with E-state index in [-0.39, 0.29) is 0 Å². The van der Waals surface area contributed by atoms with Gasteiger partial charge in [0.25, 0.3) is 0 Å². The molecule has 68 valence electrons. The summed E-state index contributed by atoms with van der Waals surface area (Å²) in [7, 11) is 0. The van der Waals surface area contributed by atoms with Crippen LogP contribution in [0.25, 0.3) is 6.08 Å². The Bertz CT molecular complexity index is 317. The molecule has 0 saturated carbocycles. The number of hydrogen-bond donors (Lipinski definition) is 1. The van der Waals surface area contributed by atoms with Gasteiger partial charge in [-0.25, -0.2) is 14.8 Å². The highest BCUT2D eigenvalue weighted by Crippen LogP contribution is 1.99. The van der Waals surface area contributed by atoms with E-state index in [0.717, 1.165) is 18.3 Å². The van der Waals surface area contributed by atoms with Crippen molar-refractivity contribution in [2.75, 3.05) is 0 Å². The quantitative estimate of drug-likeness (QED) is 0.705. The van der Waals surface area contributed by atoms with Crippen LogP contribution >= 0.6 is 0 Å². The number of carboxylic acids is 1. The molecule has 4 heteroatoms. The molecule has 0 fully saturated rings. The molecule has 0 aromatic carbocycles. The van der Waals surface area contributed by atoms with Crippen LogP contribution in [0.5, 0.6) is 0 Å². The second-order valence-electron chi connectivity index (χ2n) is 2.46. The van der Waals surface area contributed by atoms with Crippen LogP contribution in [0.1, 0.15) is 18.3 Å². The van der Waals surface area contributed by atoms with E-state index in [0.29, 0.717) is 5.56 Å². The maximum atomic E-state index is 10.2. The Morgan fingerprint density at radius 2 is 2.15 bits per heavy atom. The van der Waals surface area contributed by atoms with Crippen molar-refractivity contribution in [3.8, 4) is 0 Å². The van der Waals surface area contributed by atoms with Gasteiger partial charge < -0.3 is 5.11 Å². The summed E-state index contributed by atoms with van der Waals surface area (Å²) in [5.74, 6) is -0.216. The normalized spacial score (nSPS) is 10.5. The summed E-state index contributed by atoms with van der Waals surface area (Å²) in [6.45, 7) is 1.96. The zero-order valence-electron chi connectivity index (χ0n) is 7.27. The molecule has 1 aromatic rings. The Hall–Kier alpha value is -1.71. The molecule has 0 amide bonds. The summed E-state index contributed by atoms with van der Waals surface area (Å²) >= 11 is 0. The number of aryl methyl sites for hydroxylation is 1. The molecule has 0 spiro atoms. The van der Waals surface area contributed by atoms with Gasteiger partial charge in [-0.3, -0.25) is 0 Å². The minimum absolute atomic E-state index is 0.694. The Morgan fingerprint density at radius 3 is 2.62 bits per heavy atom. The molecule has 1 heterocycles. The van der Waals surface area contributed by atoms with Crippen LogP contribution in [0.2, 0.25) is 0 Å². The van der Waals surface area contributed by atoms with Crippen LogP contribution in [0.15, 0.2) is 18.5 Å². The van der Waals surface area contributed by atoms with Crippen molar-refractivity contribution in [1.82, 2.24) is 9.97 Å². The van der Waals surface area contributed by atoms with Crippen LogP contribution in [0.4, 0.5) is 0 Å². The first-order chi connectivity index (χ1) is 6.22. The van der Waals surface area contributed by atoms with E-state index in [1.165, 1.54) is 6.08 Å². The van der Waals surface area contributed by atoms with Gasteiger partial charge in [-0.15, -0.1) is 0 Å². The van der Waals surface area contributed by atoms with Gasteiger partial charge in [0.1, 0.15) is 5.82 Å². The molecular formula is C9H10N2O2. The van der Waals surface area contributed by atoms with Crippen molar-refractivity contribution >= 4 is 12.0 Å². The largest absolute Gasteiger partial charge is 0.478 e. The fourth-order valence-corrected chi connectivity index (χ4v) is 0.801. The summed E-state index contributed by atoms with van der Waals surface area (Å²) in [5.41, 5.74) is 0.694. The van der Waals surface area contributed by atoms with E-state index in [1.54, 1.807) is 12.4 Å². The number of aromatic nitrogens is 2. The summed E-state index contributed by atoms with van der Waals surface area (Å²) in [5, 5.41) is 8.35. The van der Waals surface area contributed by atoms with Crippen molar-refractivity contribution in [2.24, 2.45) is 0 Å². The minimum atomic E-state index is -0.973. The summed E-state index contributed by atoms with van der Waals surface area (Å²) in [4.78, 5) is 18.2.